The molecule has 0 bridgehead atoms. The van der Waals surface area contributed by atoms with Gasteiger partial charge in [-0.1, -0.05) is 30.3 Å². The first-order valence-corrected chi connectivity index (χ1v) is 8.50. The molecule has 0 aliphatic heterocycles. The standard InChI is InChI=1S/C18H17NO4S/c1-12(20)14-7-8-15(17(9-14)13(2)21)10-24-11-16-5-3-4-6-18(16)19(22)23/h3-9H,10-11H2,1-2H3. The van der Waals surface area contributed by atoms with Crippen LogP contribution in [-0.4, -0.2) is 16.5 Å². The molecule has 0 radical (unpaired) electrons. The quantitative estimate of drug-likeness (QED) is 0.422. The van der Waals surface area contributed by atoms with Gasteiger partial charge in [0, 0.05) is 34.3 Å². The molecule has 2 aromatic rings. The maximum atomic E-state index is 11.8. The number of nitro benzene ring substituents is 1. The van der Waals surface area contributed by atoms with Crippen LogP contribution in [0.5, 0.6) is 0 Å². The molecule has 0 aliphatic carbocycles. The predicted molar refractivity (Wildman–Crippen MR) is 94.5 cm³/mol. The Hall–Kier alpha value is -2.47. The van der Waals surface area contributed by atoms with E-state index in [1.165, 1.54) is 31.7 Å². The molecule has 0 spiro atoms. The van der Waals surface area contributed by atoms with Crippen molar-refractivity contribution in [3.05, 3.63) is 74.8 Å². The molecule has 124 valence electrons. The van der Waals surface area contributed by atoms with Crippen molar-refractivity contribution in [1.82, 2.24) is 0 Å². The number of para-hydroxylation sites is 1. The van der Waals surface area contributed by atoms with Crippen LogP contribution in [0.2, 0.25) is 0 Å². The third-order valence-corrected chi connectivity index (χ3v) is 4.63. The zero-order valence-electron chi connectivity index (χ0n) is 13.4. The number of thioether (sulfide) groups is 1. The summed E-state index contributed by atoms with van der Waals surface area (Å²) in [4.78, 5) is 33.9. The first-order chi connectivity index (χ1) is 11.4. The second kappa shape index (κ2) is 7.88. The fourth-order valence-corrected chi connectivity index (χ4v) is 3.37. The van der Waals surface area contributed by atoms with Crippen LogP contribution in [0.25, 0.3) is 0 Å². The van der Waals surface area contributed by atoms with E-state index < -0.39 is 4.92 Å². The molecule has 0 saturated heterocycles. The van der Waals surface area contributed by atoms with E-state index >= 15 is 0 Å². The number of rotatable bonds is 7. The number of carbonyl (C=O) groups excluding carboxylic acids is 2. The van der Waals surface area contributed by atoms with Crippen molar-refractivity contribution in [2.75, 3.05) is 0 Å². The van der Waals surface area contributed by atoms with Crippen molar-refractivity contribution in [1.29, 1.82) is 0 Å². The highest BCUT2D eigenvalue weighted by molar-refractivity contribution is 7.97. The molecule has 0 amide bonds. The van der Waals surface area contributed by atoms with E-state index in [0.29, 0.717) is 28.2 Å². The second-order valence-electron chi connectivity index (χ2n) is 5.36. The van der Waals surface area contributed by atoms with Crippen LogP contribution in [-0.2, 0) is 11.5 Å². The second-order valence-corrected chi connectivity index (χ2v) is 6.35. The lowest BCUT2D eigenvalue weighted by atomic mass is 10.0. The van der Waals surface area contributed by atoms with Gasteiger partial charge in [-0.05, 0) is 25.5 Å². The third kappa shape index (κ3) is 4.29. The van der Waals surface area contributed by atoms with Gasteiger partial charge in [0.1, 0.15) is 0 Å². The zero-order valence-corrected chi connectivity index (χ0v) is 14.3. The van der Waals surface area contributed by atoms with Crippen LogP contribution in [0.4, 0.5) is 5.69 Å². The summed E-state index contributed by atoms with van der Waals surface area (Å²) in [6.45, 7) is 2.93. The van der Waals surface area contributed by atoms with Gasteiger partial charge in [0.05, 0.1) is 4.92 Å². The molecule has 24 heavy (non-hydrogen) atoms. The van der Waals surface area contributed by atoms with Crippen molar-refractivity contribution in [2.45, 2.75) is 25.4 Å². The highest BCUT2D eigenvalue weighted by Gasteiger charge is 2.14. The molecule has 0 unspecified atom stereocenters. The van der Waals surface area contributed by atoms with E-state index in [4.69, 9.17) is 0 Å². The Balaban J connectivity index is 2.14. The van der Waals surface area contributed by atoms with E-state index in [-0.39, 0.29) is 17.3 Å². The molecule has 0 saturated carbocycles. The van der Waals surface area contributed by atoms with Crippen molar-refractivity contribution >= 4 is 29.0 Å². The smallest absolute Gasteiger partial charge is 0.273 e. The van der Waals surface area contributed by atoms with Gasteiger partial charge in [-0.2, -0.15) is 11.8 Å². The largest absolute Gasteiger partial charge is 0.295 e. The summed E-state index contributed by atoms with van der Waals surface area (Å²) in [6.07, 6.45) is 0. The average Bonchev–Trinajstić information content (AvgIpc) is 2.55. The molecule has 0 heterocycles. The van der Waals surface area contributed by atoms with Crippen molar-refractivity contribution in [3.63, 3.8) is 0 Å². The van der Waals surface area contributed by atoms with E-state index in [9.17, 15) is 19.7 Å². The minimum absolute atomic E-state index is 0.0865. The minimum Gasteiger partial charge on any atom is -0.295 e. The number of hydrogen-bond donors (Lipinski definition) is 0. The van der Waals surface area contributed by atoms with Gasteiger partial charge in [-0.3, -0.25) is 19.7 Å². The Bertz CT molecular complexity index is 801. The summed E-state index contributed by atoms with van der Waals surface area (Å²) in [6, 6.07) is 11.7. The molecule has 5 nitrogen and oxygen atoms in total. The van der Waals surface area contributed by atoms with Crippen LogP contribution in [0.1, 0.15) is 45.7 Å². The first kappa shape index (κ1) is 17.9. The van der Waals surface area contributed by atoms with E-state index in [0.717, 1.165) is 5.56 Å². The molecular formula is C18H17NO4S. The Morgan fingerprint density at radius 3 is 2.29 bits per heavy atom. The summed E-state index contributed by atoms with van der Waals surface area (Å²) in [5, 5.41) is 11.0. The first-order valence-electron chi connectivity index (χ1n) is 7.35. The topological polar surface area (TPSA) is 77.3 Å². The SMILES string of the molecule is CC(=O)c1ccc(CSCc2ccccc2[N+](=O)[O-])c(C(C)=O)c1. The fraction of sp³-hybridized carbons (Fsp3) is 0.222. The molecule has 2 rings (SSSR count). The Morgan fingerprint density at radius 1 is 1.00 bits per heavy atom. The van der Waals surface area contributed by atoms with Crippen LogP contribution in [0.3, 0.4) is 0 Å². The summed E-state index contributed by atoms with van der Waals surface area (Å²) < 4.78 is 0. The van der Waals surface area contributed by atoms with Crippen LogP contribution >= 0.6 is 11.8 Å². The lowest BCUT2D eigenvalue weighted by Gasteiger charge is -2.09. The number of nitrogens with zero attached hydrogens (tertiary/aromatic N) is 1. The van der Waals surface area contributed by atoms with Gasteiger partial charge in [0.25, 0.3) is 5.69 Å². The van der Waals surface area contributed by atoms with Crippen molar-refractivity contribution in [2.24, 2.45) is 0 Å². The number of carbonyl (C=O) groups is 2. The van der Waals surface area contributed by atoms with Crippen LogP contribution in [0.15, 0.2) is 42.5 Å². The Morgan fingerprint density at radius 2 is 1.67 bits per heavy atom. The molecule has 0 fully saturated rings. The number of nitro groups is 1. The zero-order chi connectivity index (χ0) is 17.7. The molecule has 0 atom stereocenters. The predicted octanol–water partition coefficient (Wildman–Crippen LogP) is 4.43. The Labute approximate surface area is 144 Å². The molecular weight excluding hydrogens is 326 g/mol. The van der Waals surface area contributed by atoms with Crippen molar-refractivity contribution in [3.8, 4) is 0 Å². The normalized spacial score (nSPS) is 10.4. The maximum Gasteiger partial charge on any atom is 0.273 e. The van der Waals surface area contributed by atoms with E-state index in [1.807, 2.05) is 0 Å². The Kier molecular flexibility index (Phi) is 5.87. The van der Waals surface area contributed by atoms with E-state index in [1.54, 1.807) is 36.4 Å². The summed E-state index contributed by atoms with van der Waals surface area (Å²) in [7, 11) is 0. The monoisotopic (exact) mass is 343 g/mol. The van der Waals surface area contributed by atoms with Gasteiger partial charge < -0.3 is 0 Å². The molecule has 0 aliphatic rings. The molecule has 0 aromatic heterocycles. The lowest BCUT2D eigenvalue weighted by Crippen LogP contribution is -2.03. The minimum atomic E-state index is -0.390. The fourth-order valence-electron chi connectivity index (χ4n) is 2.33. The average molecular weight is 343 g/mol. The molecule has 6 heteroatoms. The van der Waals surface area contributed by atoms with Gasteiger partial charge in [-0.15, -0.1) is 0 Å². The van der Waals surface area contributed by atoms with E-state index in [2.05, 4.69) is 0 Å². The highest BCUT2D eigenvalue weighted by atomic mass is 32.2. The maximum absolute atomic E-state index is 11.8. The van der Waals surface area contributed by atoms with Crippen LogP contribution in [0, 0.1) is 10.1 Å². The van der Waals surface area contributed by atoms with Gasteiger partial charge >= 0.3 is 0 Å². The van der Waals surface area contributed by atoms with Gasteiger partial charge in [-0.25, -0.2) is 0 Å². The summed E-state index contributed by atoms with van der Waals surface area (Å²) in [5.74, 6) is 0.832. The molecule has 2 aromatic carbocycles. The number of hydrogen-bond acceptors (Lipinski definition) is 5. The number of ketones is 2. The third-order valence-electron chi connectivity index (χ3n) is 3.60. The number of benzene rings is 2. The van der Waals surface area contributed by atoms with Gasteiger partial charge in [0.2, 0.25) is 0 Å². The number of Topliss-reactive ketones (excluding diaryl/α,β-unsaturated/α-hetero) is 2. The summed E-state index contributed by atoms with van der Waals surface area (Å²) in [5.41, 5.74) is 2.61. The van der Waals surface area contributed by atoms with Crippen molar-refractivity contribution < 1.29 is 14.5 Å². The highest BCUT2D eigenvalue weighted by Crippen LogP contribution is 2.26. The van der Waals surface area contributed by atoms with Crippen LogP contribution < -0.4 is 0 Å². The summed E-state index contributed by atoms with van der Waals surface area (Å²) >= 11 is 1.50. The lowest BCUT2D eigenvalue weighted by molar-refractivity contribution is -0.385. The molecule has 0 N–H and O–H groups in total. The van der Waals surface area contributed by atoms with Gasteiger partial charge in [0.15, 0.2) is 11.6 Å².